The summed E-state index contributed by atoms with van der Waals surface area (Å²) in [7, 11) is -0.269. The number of fused-ring (bicyclic) bond motifs is 1. The summed E-state index contributed by atoms with van der Waals surface area (Å²) in [6.07, 6.45) is 1.97. The molecule has 3 nitrogen and oxygen atoms in total. The van der Waals surface area contributed by atoms with Gasteiger partial charge in [-0.1, -0.05) is 18.2 Å². The summed E-state index contributed by atoms with van der Waals surface area (Å²) in [5, 5.41) is 0. The maximum atomic E-state index is 6.12. The third-order valence-corrected chi connectivity index (χ3v) is 4.79. The zero-order chi connectivity index (χ0) is 14.4. The van der Waals surface area contributed by atoms with Crippen molar-refractivity contribution < 1.29 is 14.0 Å². The minimum absolute atomic E-state index is 0.269. The number of benzene rings is 1. The zero-order valence-corrected chi connectivity index (χ0v) is 12.9. The van der Waals surface area contributed by atoms with Gasteiger partial charge < -0.3 is 14.0 Å². The van der Waals surface area contributed by atoms with E-state index < -0.39 is 0 Å². The number of hydrogen-bond donors (Lipinski definition) is 0. The van der Waals surface area contributed by atoms with Crippen LogP contribution in [0.5, 0.6) is 0 Å². The van der Waals surface area contributed by atoms with E-state index >= 15 is 0 Å². The van der Waals surface area contributed by atoms with Crippen molar-refractivity contribution in [2.45, 2.75) is 51.7 Å². The quantitative estimate of drug-likeness (QED) is 0.734. The molecule has 3 rings (SSSR count). The van der Waals surface area contributed by atoms with Gasteiger partial charge in [0, 0.05) is 0 Å². The molecule has 1 saturated heterocycles. The first-order valence-electron chi connectivity index (χ1n) is 7.44. The van der Waals surface area contributed by atoms with Crippen LogP contribution < -0.4 is 5.46 Å². The fraction of sp³-hybridized carbons (Fsp3) is 0.625. The summed E-state index contributed by atoms with van der Waals surface area (Å²) in [5.41, 5.74) is 3.31. The minimum atomic E-state index is -0.284. The predicted molar refractivity (Wildman–Crippen MR) is 80.4 cm³/mol. The van der Waals surface area contributed by atoms with Crippen LogP contribution in [0.2, 0.25) is 0 Å². The summed E-state index contributed by atoms with van der Waals surface area (Å²) in [6.45, 7) is 9.98. The maximum absolute atomic E-state index is 6.12. The van der Waals surface area contributed by atoms with Gasteiger partial charge in [0.1, 0.15) is 0 Å². The fourth-order valence-electron chi connectivity index (χ4n) is 2.71. The van der Waals surface area contributed by atoms with Gasteiger partial charge in [-0.25, -0.2) is 0 Å². The van der Waals surface area contributed by atoms with E-state index in [2.05, 4.69) is 45.9 Å². The molecule has 4 heteroatoms. The van der Waals surface area contributed by atoms with Crippen molar-refractivity contribution in [3.8, 4) is 0 Å². The minimum Gasteiger partial charge on any atom is -0.399 e. The molecule has 0 amide bonds. The van der Waals surface area contributed by atoms with E-state index in [1.807, 2.05) is 0 Å². The van der Waals surface area contributed by atoms with Crippen molar-refractivity contribution >= 4 is 12.6 Å². The van der Waals surface area contributed by atoms with Gasteiger partial charge in [0.05, 0.1) is 24.4 Å². The Bertz CT molecular complexity index is 494. The van der Waals surface area contributed by atoms with E-state index in [0.29, 0.717) is 0 Å². The molecule has 0 radical (unpaired) electrons. The molecule has 1 aromatic rings. The summed E-state index contributed by atoms with van der Waals surface area (Å²) >= 11 is 0. The molecule has 0 atom stereocenters. The van der Waals surface area contributed by atoms with E-state index in [1.165, 1.54) is 11.1 Å². The SMILES string of the molecule is CC1(C)OB(c2ccc3c(c2)CCOCC3)OC1(C)C. The Morgan fingerprint density at radius 1 is 0.900 bits per heavy atom. The summed E-state index contributed by atoms with van der Waals surface area (Å²) in [4.78, 5) is 0. The molecule has 0 aromatic heterocycles. The first-order valence-corrected chi connectivity index (χ1v) is 7.44. The van der Waals surface area contributed by atoms with E-state index in [4.69, 9.17) is 14.0 Å². The largest absolute Gasteiger partial charge is 0.494 e. The lowest BCUT2D eigenvalue weighted by atomic mass is 9.77. The fourth-order valence-corrected chi connectivity index (χ4v) is 2.71. The van der Waals surface area contributed by atoms with Crippen LogP contribution in [0, 0.1) is 0 Å². The Labute approximate surface area is 121 Å². The van der Waals surface area contributed by atoms with Gasteiger partial charge in [0.2, 0.25) is 0 Å². The van der Waals surface area contributed by atoms with Gasteiger partial charge in [-0.3, -0.25) is 0 Å². The Morgan fingerprint density at radius 2 is 1.50 bits per heavy atom. The lowest BCUT2D eigenvalue weighted by Gasteiger charge is -2.32. The molecule has 0 aliphatic carbocycles. The molecule has 1 aromatic carbocycles. The summed E-state index contributed by atoms with van der Waals surface area (Å²) in [5.74, 6) is 0. The van der Waals surface area contributed by atoms with E-state index in [1.54, 1.807) is 0 Å². The monoisotopic (exact) mass is 274 g/mol. The topological polar surface area (TPSA) is 27.7 Å². The van der Waals surface area contributed by atoms with E-state index in [-0.39, 0.29) is 18.3 Å². The molecule has 20 heavy (non-hydrogen) atoms. The van der Waals surface area contributed by atoms with Crippen LogP contribution in [0.1, 0.15) is 38.8 Å². The zero-order valence-electron chi connectivity index (χ0n) is 12.9. The molecule has 2 aliphatic heterocycles. The molecule has 0 spiro atoms. The average Bonchev–Trinajstić information content (AvgIpc) is 2.56. The van der Waals surface area contributed by atoms with Crippen molar-refractivity contribution in [1.82, 2.24) is 0 Å². The van der Waals surface area contributed by atoms with Crippen LogP contribution in [-0.2, 0) is 26.9 Å². The van der Waals surface area contributed by atoms with Gasteiger partial charge in [0.15, 0.2) is 0 Å². The van der Waals surface area contributed by atoms with Crippen molar-refractivity contribution in [2.75, 3.05) is 13.2 Å². The molecule has 0 saturated carbocycles. The third kappa shape index (κ3) is 2.41. The van der Waals surface area contributed by atoms with Gasteiger partial charge in [0.25, 0.3) is 0 Å². The van der Waals surface area contributed by atoms with Gasteiger partial charge >= 0.3 is 7.12 Å². The third-order valence-electron chi connectivity index (χ3n) is 4.79. The molecule has 108 valence electrons. The standard InChI is InChI=1S/C16H23BO3/c1-15(2)16(3,4)20-17(19-15)14-6-5-12-7-9-18-10-8-13(12)11-14/h5-6,11H,7-10H2,1-4H3. The van der Waals surface area contributed by atoms with Crippen LogP contribution in [0.15, 0.2) is 18.2 Å². The van der Waals surface area contributed by atoms with Crippen LogP contribution >= 0.6 is 0 Å². The lowest BCUT2D eigenvalue weighted by Crippen LogP contribution is -2.41. The first kappa shape index (κ1) is 14.1. The van der Waals surface area contributed by atoms with Crippen molar-refractivity contribution in [1.29, 1.82) is 0 Å². The van der Waals surface area contributed by atoms with Crippen LogP contribution in [0.25, 0.3) is 0 Å². The molecular weight excluding hydrogens is 251 g/mol. The normalized spacial score (nSPS) is 24.3. The van der Waals surface area contributed by atoms with E-state index in [0.717, 1.165) is 31.5 Å². The Kier molecular flexibility index (Phi) is 3.43. The molecular formula is C16H23BO3. The Morgan fingerprint density at radius 3 is 2.15 bits per heavy atom. The van der Waals surface area contributed by atoms with Crippen molar-refractivity contribution in [3.63, 3.8) is 0 Å². The van der Waals surface area contributed by atoms with E-state index in [9.17, 15) is 0 Å². The smallest absolute Gasteiger partial charge is 0.399 e. The maximum Gasteiger partial charge on any atom is 0.494 e. The highest BCUT2D eigenvalue weighted by molar-refractivity contribution is 6.62. The second kappa shape index (κ2) is 4.87. The first-order chi connectivity index (χ1) is 9.39. The van der Waals surface area contributed by atoms with Crippen LogP contribution in [-0.4, -0.2) is 31.5 Å². The molecule has 0 N–H and O–H groups in total. The predicted octanol–water partition coefficient (Wildman–Crippen LogP) is 2.10. The van der Waals surface area contributed by atoms with Gasteiger partial charge in [-0.15, -0.1) is 0 Å². The molecule has 1 fully saturated rings. The van der Waals surface area contributed by atoms with Crippen molar-refractivity contribution in [3.05, 3.63) is 29.3 Å². The molecule has 2 aliphatic rings. The number of rotatable bonds is 1. The molecule has 2 heterocycles. The lowest BCUT2D eigenvalue weighted by molar-refractivity contribution is 0.00578. The van der Waals surface area contributed by atoms with Crippen LogP contribution in [0.3, 0.4) is 0 Å². The second-order valence-corrected chi connectivity index (χ2v) is 6.73. The van der Waals surface area contributed by atoms with Gasteiger partial charge in [-0.05, 0) is 57.1 Å². The highest BCUT2D eigenvalue weighted by atomic mass is 16.7. The Hall–Kier alpha value is -0.835. The number of ether oxygens (including phenoxy) is 1. The highest BCUT2D eigenvalue weighted by Crippen LogP contribution is 2.36. The summed E-state index contributed by atoms with van der Waals surface area (Å²) < 4.78 is 17.8. The molecule has 0 bridgehead atoms. The summed E-state index contributed by atoms with van der Waals surface area (Å²) in [6, 6.07) is 6.56. The second-order valence-electron chi connectivity index (χ2n) is 6.73. The number of hydrogen-bond acceptors (Lipinski definition) is 3. The highest BCUT2D eigenvalue weighted by Gasteiger charge is 2.51. The van der Waals surface area contributed by atoms with Gasteiger partial charge in [-0.2, -0.15) is 0 Å². The Balaban J connectivity index is 1.87. The average molecular weight is 274 g/mol. The van der Waals surface area contributed by atoms with Crippen molar-refractivity contribution in [2.24, 2.45) is 0 Å². The van der Waals surface area contributed by atoms with Crippen LogP contribution in [0.4, 0.5) is 0 Å². The molecule has 0 unspecified atom stereocenters.